The van der Waals surface area contributed by atoms with Gasteiger partial charge in [0.25, 0.3) is 0 Å². The Morgan fingerprint density at radius 1 is 1.22 bits per heavy atom. The van der Waals surface area contributed by atoms with Crippen LogP contribution in [-0.4, -0.2) is 26.7 Å². The topological polar surface area (TPSA) is 52.3 Å². The van der Waals surface area contributed by atoms with E-state index in [4.69, 9.17) is 16.3 Å². The maximum atomic E-state index is 6.11. The van der Waals surface area contributed by atoms with E-state index in [1.807, 2.05) is 30.4 Å². The third-order valence-electron chi connectivity index (χ3n) is 2.96. The van der Waals surface area contributed by atoms with Gasteiger partial charge < -0.3 is 4.74 Å². The number of benzene rings is 1. The molecule has 0 bridgehead atoms. The highest BCUT2D eigenvalue weighted by Crippen LogP contribution is 2.27. The lowest BCUT2D eigenvalue weighted by molar-refractivity contribution is 0.412. The second kappa shape index (κ2) is 3.81. The van der Waals surface area contributed by atoms with Gasteiger partial charge in [0.05, 0.1) is 18.1 Å². The molecule has 2 heterocycles. The largest absolute Gasteiger partial charge is 0.496 e. The lowest BCUT2D eigenvalue weighted by atomic mass is 10.2. The van der Waals surface area contributed by atoms with Gasteiger partial charge in [-0.2, -0.15) is 0 Å². The molecule has 0 saturated carbocycles. The van der Waals surface area contributed by atoms with Crippen molar-refractivity contribution >= 4 is 28.3 Å². The lowest BCUT2D eigenvalue weighted by Crippen LogP contribution is -1.97. The van der Waals surface area contributed by atoms with Gasteiger partial charge in [-0.3, -0.25) is 4.40 Å². The number of rotatable bonds is 1. The maximum Gasteiger partial charge on any atom is 0.199 e. The Morgan fingerprint density at radius 3 is 2.72 bits per heavy atom. The Morgan fingerprint density at radius 2 is 2.00 bits per heavy atom. The number of hydrogen-bond donors (Lipinski definition) is 0. The highest BCUT2D eigenvalue weighted by atomic mass is 35.5. The minimum absolute atomic E-state index is 0.354. The molecule has 0 atom stereocenters. The average molecular weight is 263 g/mol. The molecule has 1 aromatic carbocycles. The maximum absolute atomic E-state index is 6.11. The molecule has 18 heavy (non-hydrogen) atoms. The molecule has 5 nitrogen and oxygen atoms in total. The van der Waals surface area contributed by atoms with Crippen molar-refractivity contribution in [1.82, 2.24) is 19.6 Å². The van der Waals surface area contributed by atoms with Gasteiger partial charge in [0.15, 0.2) is 10.8 Å². The first-order valence-electron chi connectivity index (χ1n) is 5.47. The van der Waals surface area contributed by atoms with Gasteiger partial charge in [0, 0.05) is 6.07 Å². The minimum Gasteiger partial charge on any atom is -0.496 e. The fraction of sp³-hybridized carbons (Fsp3) is 0.250. The van der Waals surface area contributed by atoms with Crippen molar-refractivity contribution in [3.8, 4) is 5.75 Å². The molecule has 0 saturated heterocycles. The summed E-state index contributed by atoms with van der Waals surface area (Å²) in [6.07, 6.45) is 0. The number of aryl methyl sites for hydroxylation is 2. The summed E-state index contributed by atoms with van der Waals surface area (Å²) in [7, 11) is 1.65. The summed E-state index contributed by atoms with van der Waals surface area (Å²) in [4.78, 5) is 4.34. The van der Waals surface area contributed by atoms with E-state index in [1.54, 1.807) is 7.11 Å². The van der Waals surface area contributed by atoms with Crippen molar-refractivity contribution in [1.29, 1.82) is 0 Å². The SMILES string of the molecule is COc1cc2c(cc1C)nc(Cl)c1nnc(C)n12. The summed E-state index contributed by atoms with van der Waals surface area (Å²) >= 11 is 6.11. The van der Waals surface area contributed by atoms with Crippen molar-refractivity contribution < 1.29 is 4.74 Å². The van der Waals surface area contributed by atoms with E-state index in [9.17, 15) is 0 Å². The second-order valence-corrected chi connectivity index (χ2v) is 4.48. The highest BCUT2D eigenvalue weighted by molar-refractivity contribution is 6.32. The first kappa shape index (κ1) is 11.2. The van der Waals surface area contributed by atoms with Crippen LogP contribution in [0.1, 0.15) is 11.4 Å². The molecular formula is C12H11ClN4O. The normalized spacial score (nSPS) is 11.3. The Bertz CT molecular complexity index is 766. The number of nitrogens with zero attached hydrogens (tertiary/aromatic N) is 4. The standard InChI is InChI=1S/C12H11ClN4O/c1-6-4-8-9(5-10(6)18-3)17-7(2)15-16-12(17)11(13)14-8/h4-5H,1-3H3. The van der Waals surface area contributed by atoms with Crippen molar-refractivity contribution in [3.05, 3.63) is 28.7 Å². The van der Waals surface area contributed by atoms with Gasteiger partial charge >= 0.3 is 0 Å². The van der Waals surface area contributed by atoms with Gasteiger partial charge in [-0.25, -0.2) is 4.98 Å². The van der Waals surface area contributed by atoms with Crippen LogP contribution in [0.15, 0.2) is 12.1 Å². The van der Waals surface area contributed by atoms with Crippen molar-refractivity contribution in [2.45, 2.75) is 13.8 Å². The lowest BCUT2D eigenvalue weighted by Gasteiger charge is -2.09. The van der Waals surface area contributed by atoms with Crippen molar-refractivity contribution in [2.75, 3.05) is 7.11 Å². The molecule has 3 aromatic rings. The molecule has 0 aliphatic rings. The van der Waals surface area contributed by atoms with Gasteiger partial charge in [-0.05, 0) is 25.5 Å². The van der Waals surface area contributed by atoms with Crippen LogP contribution in [0.2, 0.25) is 5.15 Å². The van der Waals surface area contributed by atoms with E-state index in [1.165, 1.54) is 0 Å². The van der Waals surface area contributed by atoms with Gasteiger partial charge in [0.1, 0.15) is 11.6 Å². The molecule has 92 valence electrons. The molecule has 0 fully saturated rings. The van der Waals surface area contributed by atoms with E-state index >= 15 is 0 Å². The first-order chi connectivity index (χ1) is 8.61. The quantitative estimate of drug-likeness (QED) is 0.676. The van der Waals surface area contributed by atoms with E-state index in [-0.39, 0.29) is 0 Å². The first-order valence-corrected chi connectivity index (χ1v) is 5.85. The van der Waals surface area contributed by atoms with Crippen LogP contribution in [0.25, 0.3) is 16.7 Å². The molecule has 0 aliphatic carbocycles. The van der Waals surface area contributed by atoms with Crippen molar-refractivity contribution in [2.24, 2.45) is 0 Å². The van der Waals surface area contributed by atoms with E-state index in [2.05, 4.69) is 15.2 Å². The highest BCUT2D eigenvalue weighted by Gasteiger charge is 2.13. The summed E-state index contributed by atoms with van der Waals surface area (Å²) in [5, 5.41) is 8.41. The number of aromatic nitrogens is 4. The zero-order valence-electron chi connectivity index (χ0n) is 10.2. The Labute approximate surface area is 108 Å². The molecule has 0 spiro atoms. The number of methoxy groups -OCH3 is 1. The Kier molecular flexibility index (Phi) is 2.38. The van der Waals surface area contributed by atoms with Gasteiger partial charge in [-0.1, -0.05) is 11.6 Å². The van der Waals surface area contributed by atoms with Crippen LogP contribution in [0.5, 0.6) is 5.75 Å². The third-order valence-corrected chi connectivity index (χ3v) is 3.21. The zero-order valence-corrected chi connectivity index (χ0v) is 11.0. The number of ether oxygens (including phenoxy) is 1. The number of fused-ring (bicyclic) bond motifs is 3. The van der Waals surface area contributed by atoms with Crippen LogP contribution >= 0.6 is 11.6 Å². The summed E-state index contributed by atoms with van der Waals surface area (Å²) in [5.41, 5.74) is 3.26. The van der Waals surface area contributed by atoms with Crippen LogP contribution in [0.3, 0.4) is 0 Å². The summed E-state index contributed by atoms with van der Waals surface area (Å²) in [6.45, 7) is 3.85. The molecule has 0 N–H and O–H groups in total. The molecule has 0 amide bonds. The molecule has 3 rings (SSSR count). The van der Waals surface area contributed by atoms with Crippen LogP contribution in [0.4, 0.5) is 0 Å². The Balaban J connectivity index is 2.55. The summed E-state index contributed by atoms with van der Waals surface area (Å²) < 4.78 is 7.22. The number of hydrogen-bond acceptors (Lipinski definition) is 4. The van der Waals surface area contributed by atoms with E-state index in [0.29, 0.717) is 10.8 Å². The molecule has 6 heteroatoms. The predicted octanol–water partition coefficient (Wildman–Crippen LogP) is 2.56. The van der Waals surface area contributed by atoms with Gasteiger partial charge in [0.2, 0.25) is 0 Å². The molecule has 0 radical (unpaired) electrons. The second-order valence-electron chi connectivity index (χ2n) is 4.12. The van der Waals surface area contributed by atoms with E-state index in [0.717, 1.165) is 28.2 Å². The summed E-state index contributed by atoms with van der Waals surface area (Å²) in [6, 6.07) is 3.87. The minimum atomic E-state index is 0.354. The van der Waals surface area contributed by atoms with Gasteiger partial charge in [-0.15, -0.1) is 10.2 Å². The molecule has 0 unspecified atom stereocenters. The van der Waals surface area contributed by atoms with Crippen LogP contribution < -0.4 is 4.74 Å². The number of halogens is 1. The molecule has 0 aliphatic heterocycles. The third kappa shape index (κ3) is 1.44. The van der Waals surface area contributed by atoms with Crippen molar-refractivity contribution in [3.63, 3.8) is 0 Å². The monoisotopic (exact) mass is 262 g/mol. The average Bonchev–Trinajstić information content (AvgIpc) is 2.72. The fourth-order valence-electron chi connectivity index (χ4n) is 2.09. The smallest absolute Gasteiger partial charge is 0.199 e. The van der Waals surface area contributed by atoms with E-state index < -0.39 is 0 Å². The van der Waals surface area contributed by atoms with Crippen LogP contribution in [-0.2, 0) is 0 Å². The fourth-order valence-corrected chi connectivity index (χ4v) is 2.30. The van der Waals surface area contributed by atoms with Crippen LogP contribution in [0, 0.1) is 13.8 Å². The zero-order chi connectivity index (χ0) is 12.9. The molecule has 2 aromatic heterocycles. The molecular weight excluding hydrogens is 252 g/mol. The predicted molar refractivity (Wildman–Crippen MR) is 69.3 cm³/mol. The summed E-state index contributed by atoms with van der Waals surface area (Å²) in [5.74, 6) is 1.58. The Hall–Kier alpha value is -1.88.